The third-order valence-electron chi connectivity index (χ3n) is 3.27. The van der Waals surface area contributed by atoms with Crippen LogP contribution in [0, 0.1) is 5.92 Å². The van der Waals surface area contributed by atoms with Gasteiger partial charge in [0.25, 0.3) is 5.90 Å². The smallest absolute Gasteiger partial charge is 0.275 e. The molecule has 0 aromatic carbocycles. The average Bonchev–Trinajstić information content (AvgIpc) is 2.20. The molecule has 90 valence electrons. The molecule has 0 aromatic rings. The van der Waals surface area contributed by atoms with Crippen molar-refractivity contribution in [3.63, 3.8) is 0 Å². The van der Waals surface area contributed by atoms with Crippen LogP contribution < -0.4 is 0 Å². The van der Waals surface area contributed by atoms with Gasteiger partial charge in [0.2, 0.25) is 0 Å². The van der Waals surface area contributed by atoms with E-state index in [1.54, 1.807) is 11.4 Å². The van der Waals surface area contributed by atoms with Gasteiger partial charge in [0, 0.05) is 0 Å². The lowest BCUT2D eigenvalue weighted by Crippen LogP contribution is -2.42. The highest BCUT2D eigenvalue weighted by atomic mass is 32.9. The van der Waals surface area contributed by atoms with Crippen molar-refractivity contribution in [1.82, 2.24) is 0 Å². The molecule has 1 unspecified atom stereocenters. The Bertz CT molecular complexity index is 312. The van der Waals surface area contributed by atoms with Crippen molar-refractivity contribution in [3.05, 3.63) is 24.5 Å². The first-order valence-corrected chi connectivity index (χ1v) is 9.41. The molecule has 1 fully saturated rings. The normalized spacial score (nSPS) is 35.6. The highest BCUT2D eigenvalue weighted by molar-refractivity contribution is 8.65. The Morgan fingerprint density at radius 2 is 2.31 bits per heavy atom. The van der Waals surface area contributed by atoms with Gasteiger partial charge in [-0.1, -0.05) is 18.7 Å². The number of hydrogen-bond acceptors (Lipinski definition) is 3. The third kappa shape index (κ3) is 3.66. The van der Waals surface area contributed by atoms with Gasteiger partial charge in [-0.3, -0.25) is 0 Å². The summed E-state index contributed by atoms with van der Waals surface area (Å²) in [4.78, 5) is 0. The van der Waals surface area contributed by atoms with Gasteiger partial charge in [-0.15, -0.1) is 0 Å². The summed E-state index contributed by atoms with van der Waals surface area (Å²) in [6.07, 6.45) is 2.89. The first-order valence-electron chi connectivity index (χ1n) is 5.50. The molecule has 1 rings (SSSR count). The monoisotopic (exact) mass is 275 g/mol. The standard InChI is InChI=1S/C12H20OPS2/c1-5-14(15)16-11-8-10(9(2)3)6-7-12(11,4)13/h5,10-11,13H,1-2,6-8H2,3-4H3/q+1/t10-,11+,12+/m0/s1. The number of aliphatic hydroxyl groups is 1. The van der Waals surface area contributed by atoms with Crippen molar-refractivity contribution >= 4 is 29.1 Å². The van der Waals surface area contributed by atoms with Crippen LogP contribution in [0.3, 0.4) is 0 Å². The van der Waals surface area contributed by atoms with Gasteiger partial charge >= 0.3 is 0 Å². The molecule has 1 aliphatic rings. The molecule has 0 aliphatic heterocycles. The predicted molar refractivity (Wildman–Crippen MR) is 78.6 cm³/mol. The van der Waals surface area contributed by atoms with Crippen LogP contribution in [0.2, 0.25) is 0 Å². The summed E-state index contributed by atoms with van der Waals surface area (Å²) in [5, 5.41) is 10.6. The van der Waals surface area contributed by atoms with Crippen molar-refractivity contribution in [3.8, 4) is 0 Å². The Hall–Kier alpha value is 0.310. The van der Waals surface area contributed by atoms with Crippen molar-refractivity contribution in [2.75, 3.05) is 0 Å². The molecule has 1 N–H and O–H groups in total. The molecular weight excluding hydrogens is 255 g/mol. The van der Waals surface area contributed by atoms with E-state index in [0.717, 1.165) is 19.3 Å². The van der Waals surface area contributed by atoms with E-state index < -0.39 is 11.5 Å². The summed E-state index contributed by atoms with van der Waals surface area (Å²) in [6.45, 7) is 11.8. The van der Waals surface area contributed by atoms with Gasteiger partial charge in [0.1, 0.15) is 17.2 Å². The topological polar surface area (TPSA) is 20.2 Å². The highest BCUT2D eigenvalue weighted by Gasteiger charge is 2.42. The van der Waals surface area contributed by atoms with Crippen LogP contribution in [0.25, 0.3) is 0 Å². The van der Waals surface area contributed by atoms with E-state index in [1.165, 1.54) is 5.57 Å². The molecule has 1 nitrogen and oxygen atoms in total. The summed E-state index contributed by atoms with van der Waals surface area (Å²) in [5.74, 6) is 1.75. The first-order chi connectivity index (χ1) is 7.36. The van der Waals surface area contributed by atoms with Gasteiger partial charge < -0.3 is 5.11 Å². The zero-order valence-electron chi connectivity index (χ0n) is 9.98. The second-order valence-corrected chi connectivity index (χ2v) is 10.1. The second kappa shape index (κ2) is 5.77. The van der Waals surface area contributed by atoms with E-state index in [-0.39, 0.29) is 5.25 Å². The fraction of sp³-hybridized carbons (Fsp3) is 0.667. The maximum Gasteiger partial charge on any atom is 0.275 e. The fourth-order valence-electron chi connectivity index (χ4n) is 2.03. The Labute approximate surface area is 109 Å². The number of allylic oxidation sites excluding steroid dienone is 1. The second-order valence-electron chi connectivity index (χ2n) is 4.74. The molecular formula is C12H20OPS2+. The van der Waals surface area contributed by atoms with Crippen LogP contribution >= 0.6 is 17.3 Å². The zero-order valence-corrected chi connectivity index (χ0v) is 12.5. The van der Waals surface area contributed by atoms with E-state index in [9.17, 15) is 5.11 Å². The largest absolute Gasteiger partial charge is 0.389 e. The van der Waals surface area contributed by atoms with Gasteiger partial charge in [0.05, 0.1) is 10.9 Å². The lowest BCUT2D eigenvalue weighted by atomic mass is 9.77. The summed E-state index contributed by atoms with van der Waals surface area (Å²) in [5.41, 5.74) is 0.646. The molecule has 0 heterocycles. The Kier molecular flexibility index (Phi) is 5.18. The van der Waals surface area contributed by atoms with Gasteiger partial charge in [-0.25, -0.2) is 0 Å². The number of rotatable bonds is 4. The van der Waals surface area contributed by atoms with E-state index in [4.69, 9.17) is 11.8 Å². The Balaban J connectivity index is 2.72. The van der Waals surface area contributed by atoms with Crippen LogP contribution in [0.1, 0.15) is 33.1 Å². The van der Waals surface area contributed by atoms with Crippen LogP contribution in [0.15, 0.2) is 24.5 Å². The molecule has 0 amide bonds. The maximum absolute atomic E-state index is 10.4. The molecule has 1 aliphatic carbocycles. The fourth-order valence-corrected chi connectivity index (χ4v) is 5.92. The van der Waals surface area contributed by atoms with Gasteiger partial charge in [-0.05, 0) is 39.0 Å². The first kappa shape index (κ1) is 14.4. The summed E-state index contributed by atoms with van der Waals surface area (Å²) in [7, 11) is 0. The minimum Gasteiger partial charge on any atom is -0.389 e. The molecule has 1 saturated carbocycles. The van der Waals surface area contributed by atoms with E-state index in [2.05, 4.69) is 20.1 Å². The van der Waals surface area contributed by atoms with Crippen molar-refractivity contribution in [1.29, 1.82) is 0 Å². The quantitative estimate of drug-likeness (QED) is 0.613. The molecule has 4 heteroatoms. The van der Waals surface area contributed by atoms with Crippen molar-refractivity contribution in [2.24, 2.45) is 5.92 Å². The minimum absolute atomic E-state index is 0.226. The lowest BCUT2D eigenvalue weighted by molar-refractivity contribution is 0.0198. The van der Waals surface area contributed by atoms with Crippen LogP contribution in [0.4, 0.5) is 0 Å². The lowest BCUT2D eigenvalue weighted by Gasteiger charge is -2.38. The van der Waals surface area contributed by atoms with E-state index in [0.29, 0.717) is 5.92 Å². The average molecular weight is 275 g/mol. The minimum atomic E-state index is -0.624. The number of hydrogen-bond donors (Lipinski definition) is 1. The van der Waals surface area contributed by atoms with Crippen molar-refractivity contribution in [2.45, 2.75) is 44.0 Å². The Morgan fingerprint density at radius 3 is 2.81 bits per heavy atom. The zero-order chi connectivity index (χ0) is 12.3. The van der Waals surface area contributed by atoms with Crippen LogP contribution in [0.5, 0.6) is 0 Å². The molecule has 0 saturated heterocycles. The maximum atomic E-state index is 10.4. The van der Waals surface area contributed by atoms with E-state index in [1.807, 2.05) is 12.7 Å². The van der Waals surface area contributed by atoms with Crippen LogP contribution in [-0.4, -0.2) is 16.0 Å². The summed E-state index contributed by atoms with van der Waals surface area (Å²) >= 11 is 7.02. The third-order valence-corrected chi connectivity index (χ3v) is 7.78. The molecule has 0 radical (unpaired) electrons. The molecule has 16 heavy (non-hydrogen) atoms. The molecule has 0 aromatic heterocycles. The SMILES string of the molecule is C=C[P+](=S)S[C@@H]1C[C@@H](C(=C)C)CC[C@@]1(C)O. The molecule has 0 spiro atoms. The van der Waals surface area contributed by atoms with Crippen LogP contribution in [-0.2, 0) is 11.8 Å². The molecule has 4 atom stereocenters. The Morgan fingerprint density at radius 1 is 1.69 bits per heavy atom. The van der Waals surface area contributed by atoms with Crippen molar-refractivity contribution < 1.29 is 5.11 Å². The highest BCUT2D eigenvalue weighted by Crippen LogP contribution is 2.51. The van der Waals surface area contributed by atoms with Gasteiger partial charge in [-0.2, -0.15) is 0 Å². The van der Waals surface area contributed by atoms with E-state index >= 15 is 0 Å². The summed E-state index contributed by atoms with van der Waals surface area (Å²) < 4.78 is 0. The predicted octanol–water partition coefficient (Wildman–Crippen LogP) is 4.22. The summed E-state index contributed by atoms with van der Waals surface area (Å²) in [6, 6.07) is 0. The van der Waals surface area contributed by atoms with Gasteiger partial charge in [0.15, 0.2) is 11.8 Å². The molecule has 0 bridgehead atoms.